The van der Waals surface area contributed by atoms with Crippen LogP contribution in [0.25, 0.3) is 11.0 Å². The predicted molar refractivity (Wildman–Crippen MR) is 105 cm³/mol. The van der Waals surface area contributed by atoms with Crippen molar-refractivity contribution in [2.75, 3.05) is 13.7 Å². The second-order valence-electron chi connectivity index (χ2n) is 5.49. The van der Waals surface area contributed by atoms with E-state index in [1.165, 1.54) is 13.3 Å². The highest BCUT2D eigenvalue weighted by atomic mass is 79.9. The molecule has 0 spiro atoms. The molecule has 3 aromatic rings. The number of phenolic OH excluding ortho intramolecular Hbond substituents is 1. The van der Waals surface area contributed by atoms with Gasteiger partial charge in [-0.25, -0.2) is 5.43 Å². The van der Waals surface area contributed by atoms with E-state index in [1.807, 2.05) is 6.92 Å². The summed E-state index contributed by atoms with van der Waals surface area (Å²) < 4.78 is 16.7. The van der Waals surface area contributed by atoms with Crippen molar-refractivity contribution in [3.05, 3.63) is 52.2 Å². The Bertz CT molecular complexity index is 1010. The van der Waals surface area contributed by atoms with Gasteiger partial charge in [-0.1, -0.05) is 15.9 Å². The number of hydrogen-bond acceptors (Lipinski definition) is 6. The Labute approximate surface area is 163 Å². The first-order valence-electron chi connectivity index (χ1n) is 8.08. The van der Waals surface area contributed by atoms with Crippen LogP contribution in [-0.4, -0.2) is 30.9 Å². The van der Waals surface area contributed by atoms with Crippen LogP contribution in [0.4, 0.5) is 0 Å². The number of halogens is 1. The van der Waals surface area contributed by atoms with Crippen molar-refractivity contribution >= 4 is 39.0 Å². The standard InChI is InChI=1S/C19H17BrN2O5/c1-3-26-14-4-5-15-11(7-14)8-17(27-15)19(24)22-21-10-12-6-13(20)9-16(25-2)18(12)23/h4-10,23H,3H2,1-2H3,(H,22,24)/b21-10+. The molecule has 27 heavy (non-hydrogen) atoms. The van der Waals surface area contributed by atoms with Crippen molar-refractivity contribution in [1.82, 2.24) is 5.43 Å². The number of ether oxygens (including phenoxy) is 2. The summed E-state index contributed by atoms with van der Waals surface area (Å²) >= 11 is 3.32. The zero-order chi connectivity index (χ0) is 19.4. The van der Waals surface area contributed by atoms with Gasteiger partial charge in [0.05, 0.1) is 19.9 Å². The third-order valence-electron chi connectivity index (χ3n) is 3.68. The number of methoxy groups -OCH3 is 1. The lowest BCUT2D eigenvalue weighted by Crippen LogP contribution is -2.16. The molecule has 7 nitrogen and oxygen atoms in total. The van der Waals surface area contributed by atoms with Gasteiger partial charge in [0.25, 0.3) is 0 Å². The molecule has 0 radical (unpaired) electrons. The quantitative estimate of drug-likeness (QED) is 0.452. The molecule has 3 rings (SSSR count). The predicted octanol–water partition coefficient (Wildman–Crippen LogP) is 4.07. The number of rotatable bonds is 6. The molecule has 0 aliphatic rings. The zero-order valence-electron chi connectivity index (χ0n) is 14.7. The molecule has 1 heterocycles. The molecule has 140 valence electrons. The smallest absolute Gasteiger partial charge is 0.307 e. The number of nitrogens with zero attached hydrogens (tertiary/aromatic N) is 1. The van der Waals surface area contributed by atoms with Crippen LogP contribution in [0.15, 0.2) is 50.4 Å². The van der Waals surface area contributed by atoms with Gasteiger partial charge >= 0.3 is 5.91 Å². The average molecular weight is 433 g/mol. The molecule has 2 aromatic carbocycles. The first-order valence-corrected chi connectivity index (χ1v) is 8.87. The van der Waals surface area contributed by atoms with Crippen molar-refractivity contribution in [2.45, 2.75) is 6.92 Å². The fourth-order valence-corrected chi connectivity index (χ4v) is 2.91. The van der Waals surface area contributed by atoms with E-state index in [0.717, 1.165) is 5.39 Å². The number of phenols is 1. The van der Waals surface area contributed by atoms with E-state index in [1.54, 1.807) is 36.4 Å². The number of nitrogens with one attached hydrogen (secondary N) is 1. The summed E-state index contributed by atoms with van der Waals surface area (Å²) in [5.74, 6) is 0.522. The fraction of sp³-hybridized carbons (Fsp3) is 0.158. The third-order valence-corrected chi connectivity index (χ3v) is 4.14. The number of benzene rings is 2. The molecule has 0 unspecified atom stereocenters. The maximum Gasteiger partial charge on any atom is 0.307 e. The van der Waals surface area contributed by atoms with E-state index in [4.69, 9.17) is 13.9 Å². The minimum Gasteiger partial charge on any atom is -0.504 e. The number of carbonyl (C=O) groups is 1. The molecule has 0 fully saturated rings. The maximum atomic E-state index is 12.2. The molecular weight excluding hydrogens is 416 g/mol. The zero-order valence-corrected chi connectivity index (χ0v) is 16.2. The van der Waals surface area contributed by atoms with Gasteiger partial charge in [0.15, 0.2) is 17.3 Å². The second-order valence-corrected chi connectivity index (χ2v) is 6.40. The average Bonchev–Trinajstić information content (AvgIpc) is 3.08. The van der Waals surface area contributed by atoms with Crippen LogP contribution in [0.3, 0.4) is 0 Å². The Hall–Kier alpha value is -3.00. The van der Waals surface area contributed by atoms with Crippen LogP contribution in [0, 0.1) is 0 Å². The summed E-state index contributed by atoms with van der Waals surface area (Å²) in [5.41, 5.74) is 3.32. The van der Waals surface area contributed by atoms with E-state index in [9.17, 15) is 9.90 Å². The largest absolute Gasteiger partial charge is 0.504 e. The van der Waals surface area contributed by atoms with Crippen molar-refractivity contribution in [3.63, 3.8) is 0 Å². The van der Waals surface area contributed by atoms with E-state index >= 15 is 0 Å². The van der Waals surface area contributed by atoms with E-state index in [-0.39, 0.29) is 11.5 Å². The molecule has 0 aliphatic heterocycles. The van der Waals surface area contributed by atoms with Crippen LogP contribution < -0.4 is 14.9 Å². The fourth-order valence-electron chi connectivity index (χ4n) is 2.45. The summed E-state index contributed by atoms with van der Waals surface area (Å²) in [6, 6.07) is 10.2. The van der Waals surface area contributed by atoms with E-state index in [2.05, 4.69) is 26.5 Å². The molecule has 2 N–H and O–H groups in total. The molecule has 0 saturated heterocycles. The Morgan fingerprint density at radius 3 is 2.89 bits per heavy atom. The van der Waals surface area contributed by atoms with Crippen molar-refractivity contribution in [3.8, 4) is 17.2 Å². The topological polar surface area (TPSA) is 93.3 Å². The van der Waals surface area contributed by atoms with E-state index < -0.39 is 5.91 Å². The number of amides is 1. The lowest BCUT2D eigenvalue weighted by molar-refractivity contribution is 0.0929. The maximum absolute atomic E-state index is 12.2. The van der Waals surface area contributed by atoms with Gasteiger partial charge in [-0.2, -0.15) is 5.10 Å². The SMILES string of the molecule is CCOc1ccc2oc(C(=O)N/N=C/c3cc(Br)cc(OC)c3O)cc2c1. The van der Waals surface area contributed by atoms with Gasteiger partial charge in [-0.3, -0.25) is 4.79 Å². The summed E-state index contributed by atoms with van der Waals surface area (Å²) in [5, 5.41) is 14.7. The van der Waals surface area contributed by atoms with Crippen LogP contribution in [0.1, 0.15) is 23.0 Å². The first kappa shape index (κ1) is 18.8. The second kappa shape index (κ2) is 8.13. The van der Waals surface area contributed by atoms with Crippen molar-refractivity contribution in [1.29, 1.82) is 0 Å². The molecule has 8 heteroatoms. The molecule has 0 aliphatic carbocycles. The number of furan rings is 1. The minimum absolute atomic E-state index is 0.0779. The molecule has 0 bridgehead atoms. The van der Waals surface area contributed by atoms with Gasteiger partial charge in [0.2, 0.25) is 0 Å². The monoisotopic (exact) mass is 432 g/mol. The van der Waals surface area contributed by atoms with E-state index in [0.29, 0.717) is 33.7 Å². The highest BCUT2D eigenvalue weighted by molar-refractivity contribution is 9.10. The molecule has 1 aromatic heterocycles. The number of aromatic hydroxyl groups is 1. The molecule has 0 saturated carbocycles. The van der Waals surface area contributed by atoms with Gasteiger partial charge in [0.1, 0.15) is 11.3 Å². The number of fused-ring (bicyclic) bond motifs is 1. The first-order chi connectivity index (χ1) is 13.0. The van der Waals surface area contributed by atoms with Crippen LogP contribution in [0.5, 0.6) is 17.2 Å². The number of carbonyl (C=O) groups excluding carboxylic acids is 1. The summed E-state index contributed by atoms with van der Waals surface area (Å²) in [7, 11) is 1.45. The number of hydrogen-bond donors (Lipinski definition) is 2. The van der Waals surface area contributed by atoms with Crippen LogP contribution in [0.2, 0.25) is 0 Å². The molecular formula is C19H17BrN2O5. The highest BCUT2D eigenvalue weighted by Crippen LogP contribution is 2.32. The number of hydrazone groups is 1. The molecule has 1 amide bonds. The van der Waals surface area contributed by atoms with Crippen molar-refractivity contribution in [2.24, 2.45) is 5.10 Å². The summed E-state index contributed by atoms with van der Waals surface area (Å²) in [4.78, 5) is 12.2. The Kier molecular flexibility index (Phi) is 5.66. The Morgan fingerprint density at radius 1 is 1.33 bits per heavy atom. The van der Waals surface area contributed by atoms with Gasteiger partial charge < -0.3 is 19.0 Å². The van der Waals surface area contributed by atoms with Gasteiger partial charge in [-0.05, 0) is 43.3 Å². The normalized spacial score (nSPS) is 11.1. The van der Waals surface area contributed by atoms with Gasteiger partial charge in [-0.15, -0.1) is 0 Å². The minimum atomic E-state index is -0.512. The van der Waals surface area contributed by atoms with Crippen LogP contribution in [-0.2, 0) is 0 Å². The molecule has 0 atom stereocenters. The summed E-state index contributed by atoms with van der Waals surface area (Å²) in [6.45, 7) is 2.45. The van der Waals surface area contributed by atoms with Crippen molar-refractivity contribution < 1.29 is 23.8 Å². The highest BCUT2D eigenvalue weighted by Gasteiger charge is 2.13. The summed E-state index contributed by atoms with van der Waals surface area (Å²) in [6.07, 6.45) is 1.32. The lowest BCUT2D eigenvalue weighted by atomic mass is 10.2. The Balaban J connectivity index is 1.75. The third kappa shape index (κ3) is 4.22. The van der Waals surface area contributed by atoms with Gasteiger partial charge in [0, 0.05) is 15.4 Å². The Morgan fingerprint density at radius 2 is 2.15 bits per heavy atom. The lowest BCUT2D eigenvalue weighted by Gasteiger charge is -2.06. The van der Waals surface area contributed by atoms with Crippen LogP contribution >= 0.6 is 15.9 Å².